The summed E-state index contributed by atoms with van der Waals surface area (Å²) in [5, 5.41) is 9.81. The van der Waals surface area contributed by atoms with Gasteiger partial charge in [-0.2, -0.15) is 5.26 Å². The van der Waals surface area contributed by atoms with Crippen molar-refractivity contribution in [3.05, 3.63) is 81.2 Å². The Balaban J connectivity index is 1.66. The lowest BCUT2D eigenvalue weighted by atomic mass is 10.1. The second kappa shape index (κ2) is 10.4. The van der Waals surface area contributed by atoms with Crippen LogP contribution in [0, 0.1) is 14.9 Å². The molecule has 4 aromatic rings. The van der Waals surface area contributed by atoms with Crippen molar-refractivity contribution in [1.29, 1.82) is 5.26 Å². The number of imidazole rings is 1. The number of benzene rings is 3. The molecule has 0 spiro atoms. The molecule has 0 aliphatic carbocycles. The van der Waals surface area contributed by atoms with Crippen LogP contribution < -0.4 is 14.2 Å². The maximum atomic E-state index is 9.81. The first-order chi connectivity index (χ1) is 16.1. The minimum Gasteiger partial charge on any atom is -0.497 e. The Bertz CT molecular complexity index is 1340. The summed E-state index contributed by atoms with van der Waals surface area (Å²) < 4.78 is 18.1. The molecule has 166 valence electrons. The Morgan fingerprint density at radius 3 is 2.67 bits per heavy atom. The Labute approximate surface area is 206 Å². The maximum Gasteiger partial charge on any atom is 0.175 e. The van der Waals surface area contributed by atoms with Crippen molar-refractivity contribution >= 4 is 45.3 Å². The van der Waals surface area contributed by atoms with Crippen molar-refractivity contribution in [3.8, 4) is 23.3 Å². The van der Waals surface area contributed by atoms with E-state index in [0.29, 0.717) is 36.1 Å². The zero-order valence-electron chi connectivity index (χ0n) is 18.3. The number of nitrogens with zero attached hydrogens (tertiary/aromatic N) is 2. The van der Waals surface area contributed by atoms with Crippen LogP contribution in [0.5, 0.6) is 17.2 Å². The normalized spacial score (nSPS) is 11.3. The van der Waals surface area contributed by atoms with Gasteiger partial charge in [-0.3, -0.25) is 0 Å². The number of ether oxygens (including phenoxy) is 3. The first-order valence-corrected chi connectivity index (χ1v) is 11.5. The van der Waals surface area contributed by atoms with Crippen LogP contribution in [0.2, 0.25) is 0 Å². The molecule has 4 rings (SSSR count). The fraction of sp³-hybridized carbons (Fsp3) is 0.154. The van der Waals surface area contributed by atoms with Crippen LogP contribution >= 0.6 is 22.6 Å². The van der Waals surface area contributed by atoms with Crippen molar-refractivity contribution in [3.63, 3.8) is 0 Å². The number of rotatable bonds is 8. The zero-order chi connectivity index (χ0) is 23.2. The van der Waals surface area contributed by atoms with Crippen LogP contribution in [0.3, 0.4) is 0 Å². The molecule has 0 unspecified atom stereocenters. The summed E-state index contributed by atoms with van der Waals surface area (Å²) in [4.78, 5) is 7.76. The molecule has 0 radical (unpaired) electrons. The Morgan fingerprint density at radius 2 is 1.94 bits per heavy atom. The molecule has 0 aliphatic heterocycles. The lowest BCUT2D eigenvalue weighted by Crippen LogP contribution is -2.02. The molecule has 7 heteroatoms. The third kappa shape index (κ3) is 5.29. The standard InChI is InChI=1S/C26H22IN3O3/c1-3-32-24-13-18(12-21(27)25(24)33-16-17-7-5-4-6-8-17)11-19(15-28)26-29-22-10-9-20(31-2)14-23(22)30-26/h4-14H,3,16H2,1-2H3,(H,29,30)/b19-11-. The van der Waals surface area contributed by atoms with Crippen molar-refractivity contribution in [2.45, 2.75) is 13.5 Å². The van der Waals surface area contributed by atoms with Gasteiger partial charge < -0.3 is 19.2 Å². The van der Waals surface area contributed by atoms with Crippen LogP contribution in [0.4, 0.5) is 0 Å². The summed E-state index contributed by atoms with van der Waals surface area (Å²) in [6.07, 6.45) is 1.79. The molecule has 0 saturated carbocycles. The largest absolute Gasteiger partial charge is 0.497 e. The first-order valence-electron chi connectivity index (χ1n) is 10.4. The van der Waals surface area contributed by atoms with Gasteiger partial charge >= 0.3 is 0 Å². The van der Waals surface area contributed by atoms with Crippen molar-refractivity contribution < 1.29 is 14.2 Å². The molecule has 0 saturated heterocycles. The van der Waals surface area contributed by atoms with Gasteiger partial charge in [-0.25, -0.2) is 4.98 Å². The number of fused-ring (bicyclic) bond motifs is 1. The van der Waals surface area contributed by atoms with Gasteiger partial charge in [0.25, 0.3) is 0 Å². The molecule has 0 amide bonds. The van der Waals surface area contributed by atoms with Gasteiger partial charge in [0.1, 0.15) is 24.3 Å². The number of H-pyrrole nitrogens is 1. The van der Waals surface area contributed by atoms with E-state index in [2.05, 4.69) is 38.6 Å². The van der Waals surface area contributed by atoms with Crippen LogP contribution in [0.15, 0.2) is 60.7 Å². The minimum atomic E-state index is 0.418. The van der Waals surface area contributed by atoms with Crippen molar-refractivity contribution in [2.75, 3.05) is 13.7 Å². The molecule has 0 aliphatic rings. The van der Waals surface area contributed by atoms with Crippen LogP contribution in [0.25, 0.3) is 22.7 Å². The van der Waals surface area contributed by atoms with E-state index in [4.69, 9.17) is 14.2 Å². The average Bonchev–Trinajstić information content (AvgIpc) is 3.26. The molecule has 33 heavy (non-hydrogen) atoms. The Morgan fingerprint density at radius 1 is 1.12 bits per heavy atom. The van der Waals surface area contributed by atoms with E-state index in [9.17, 15) is 5.26 Å². The second-order valence-corrected chi connectivity index (χ2v) is 8.34. The number of nitriles is 1. The van der Waals surface area contributed by atoms with Gasteiger partial charge in [0, 0.05) is 6.07 Å². The van der Waals surface area contributed by atoms with E-state index < -0.39 is 0 Å². The Kier molecular flexibility index (Phi) is 7.15. The quantitative estimate of drug-likeness (QED) is 0.208. The highest BCUT2D eigenvalue weighted by molar-refractivity contribution is 14.1. The lowest BCUT2D eigenvalue weighted by molar-refractivity contribution is 0.267. The number of halogens is 1. The number of allylic oxidation sites excluding steroid dienone is 1. The summed E-state index contributed by atoms with van der Waals surface area (Å²) in [6, 6.07) is 21.6. The first kappa shape index (κ1) is 22.7. The summed E-state index contributed by atoms with van der Waals surface area (Å²) >= 11 is 2.23. The molecule has 6 nitrogen and oxygen atoms in total. The van der Waals surface area contributed by atoms with Gasteiger partial charge in [-0.1, -0.05) is 30.3 Å². The van der Waals surface area contributed by atoms with Crippen LogP contribution in [-0.4, -0.2) is 23.7 Å². The van der Waals surface area contributed by atoms with Gasteiger partial charge in [-0.05, 0) is 71.0 Å². The lowest BCUT2D eigenvalue weighted by Gasteiger charge is -2.15. The molecule has 1 N–H and O–H groups in total. The van der Waals surface area contributed by atoms with Crippen LogP contribution in [0.1, 0.15) is 23.9 Å². The molecule has 1 aromatic heterocycles. The molecule has 0 fully saturated rings. The topological polar surface area (TPSA) is 80.2 Å². The summed E-state index contributed by atoms with van der Waals surface area (Å²) in [7, 11) is 1.61. The number of nitrogens with one attached hydrogen (secondary N) is 1. The molecule has 0 bridgehead atoms. The van der Waals surface area contributed by atoms with Gasteiger partial charge in [0.15, 0.2) is 11.5 Å². The maximum absolute atomic E-state index is 9.81. The van der Waals surface area contributed by atoms with Gasteiger partial charge in [0.05, 0.1) is 33.9 Å². The Hall–Kier alpha value is -3.51. The third-order valence-electron chi connectivity index (χ3n) is 4.93. The predicted molar refractivity (Wildman–Crippen MR) is 137 cm³/mol. The third-order valence-corrected chi connectivity index (χ3v) is 5.73. The number of hydrogen-bond donors (Lipinski definition) is 1. The summed E-state index contributed by atoms with van der Waals surface area (Å²) in [6.45, 7) is 2.87. The SMILES string of the molecule is CCOc1cc(/C=C(/C#N)c2nc3ccc(OC)cc3[nH]2)cc(I)c1OCc1ccccc1. The summed E-state index contributed by atoms with van der Waals surface area (Å²) in [5.74, 6) is 2.55. The van der Waals surface area contributed by atoms with Gasteiger partial charge in [0.2, 0.25) is 0 Å². The molecule has 1 heterocycles. The second-order valence-electron chi connectivity index (χ2n) is 7.18. The molecular weight excluding hydrogens is 529 g/mol. The van der Waals surface area contributed by atoms with Gasteiger partial charge in [-0.15, -0.1) is 0 Å². The van der Waals surface area contributed by atoms with E-state index in [1.807, 2.05) is 67.6 Å². The highest BCUT2D eigenvalue weighted by Gasteiger charge is 2.14. The number of hydrogen-bond acceptors (Lipinski definition) is 5. The molecule has 3 aromatic carbocycles. The monoisotopic (exact) mass is 551 g/mol. The molecular formula is C26H22IN3O3. The highest BCUT2D eigenvalue weighted by Crippen LogP contribution is 2.36. The zero-order valence-corrected chi connectivity index (χ0v) is 20.4. The average molecular weight is 551 g/mol. The number of aromatic amines is 1. The number of methoxy groups -OCH3 is 1. The van der Waals surface area contributed by atoms with E-state index in [-0.39, 0.29) is 0 Å². The molecule has 0 atom stereocenters. The number of aromatic nitrogens is 2. The smallest absolute Gasteiger partial charge is 0.175 e. The predicted octanol–water partition coefficient (Wildman–Crippen LogP) is 6.22. The fourth-order valence-electron chi connectivity index (χ4n) is 3.37. The fourth-order valence-corrected chi connectivity index (χ4v) is 4.15. The van der Waals surface area contributed by atoms with E-state index in [1.54, 1.807) is 13.2 Å². The van der Waals surface area contributed by atoms with Crippen molar-refractivity contribution in [2.24, 2.45) is 0 Å². The minimum absolute atomic E-state index is 0.418. The van der Waals surface area contributed by atoms with E-state index in [0.717, 1.165) is 31.5 Å². The highest BCUT2D eigenvalue weighted by atomic mass is 127. The van der Waals surface area contributed by atoms with E-state index in [1.165, 1.54) is 0 Å². The summed E-state index contributed by atoms with van der Waals surface area (Å²) in [5.41, 5.74) is 3.89. The van der Waals surface area contributed by atoms with Crippen LogP contribution in [-0.2, 0) is 6.61 Å². The van der Waals surface area contributed by atoms with Crippen molar-refractivity contribution in [1.82, 2.24) is 9.97 Å². The van der Waals surface area contributed by atoms with E-state index >= 15 is 0 Å².